The molecule has 5 nitrogen and oxygen atoms in total. The molecule has 0 aliphatic carbocycles. The predicted molar refractivity (Wildman–Crippen MR) is 68.0 cm³/mol. The van der Waals surface area contributed by atoms with Crippen LogP contribution in [0.4, 0.5) is 0 Å². The van der Waals surface area contributed by atoms with E-state index < -0.39 is 5.97 Å². The van der Waals surface area contributed by atoms with Crippen LogP contribution in [0, 0.1) is 0 Å². The molecule has 0 amide bonds. The summed E-state index contributed by atoms with van der Waals surface area (Å²) in [5.41, 5.74) is 2.69. The van der Waals surface area contributed by atoms with Gasteiger partial charge in [-0.3, -0.25) is 4.79 Å². The van der Waals surface area contributed by atoms with Crippen molar-refractivity contribution < 1.29 is 19.1 Å². The first kappa shape index (κ1) is 12.2. The lowest BCUT2D eigenvalue weighted by Gasteiger charge is -2.42. The van der Waals surface area contributed by atoms with Crippen LogP contribution in [0.5, 0.6) is 0 Å². The SMILES string of the molecule is O=C(O)CCCC1(c2ccc3ncoc3c2)COC1. The number of fused-ring (bicyclic) bond motifs is 1. The largest absolute Gasteiger partial charge is 0.481 e. The Morgan fingerprint density at radius 1 is 1.42 bits per heavy atom. The number of benzene rings is 1. The summed E-state index contributed by atoms with van der Waals surface area (Å²) in [5.74, 6) is -0.749. The molecule has 1 saturated heterocycles. The van der Waals surface area contributed by atoms with E-state index in [1.807, 2.05) is 18.2 Å². The number of aliphatic carboxylic acids is 1. The Kier molecular flexibility index (Phi) is 2.98. The van der Waals surface area contributed by atoms with Crippen molar-refractivity contribution in [1.82, 2.24) is 4.98 Å². The van der Waals surface area contributed by atoms with Crippen molar-refractivity contribution in [3.63, 3.8) is 0 Å². The van der Waals surface area contributed by atoms with Crippen LogP contribution in [0.25, 0.3) is 11.1 Å². The molecular weight excluding hydrogens is 246 g/mol. The van der Waals surface area contributed by atoms with Crippen molar-refractivity contribution in [1.29, 1.82) is 0 Å². The van der Waals surface area contributed by atoms with E-state index in [1.54, 1.807) is 0 Å². The van der Waals surface area contributed by atoms with Crippen LogP contribution in [0.1, 0.15) is 24.8 Å². The van der Waals surface area contributed by atoms with E-state index >= 15 is 0 Å². The Morgan fingerprint density at radius 3 is 2.95 bits per heavy atom. The molecule has 0 spiro atoms. The fraction of sp³-hybridized carbons (Fsp3) is 0.429. The highest BCUT2D eigenvalue weighted by Crippen LogP contribution is 2.38. The number of carbonyl (C=O) groups is 1. The van der Waals surface area contributed by atoms with Crippen molar-refractivity contribution >= 4 is 17.1 Å². The molecular formula is C14H15NO4. The van der Waals surface area contributed by atoms with Gasteiger partial charge in [0.1, 0.15) is 5.52 Å². The highest BCUT2D eigenvalue weighted by Gasteiger charge is 2.40. The number of carboxylic acids is 1. The molecule has 1 aromatic heterocycles. The molecule has 19 heavy (non-hydrogen) atoms. The summed E-state index contributed by atoms with van der Waals surface area (Å²) in [5, 5.41) is 8.73. The van der Waals surface area contributed by atoms with Gasteiger partial charge in [-0.25, -0.2) is 4.98 Å². The van der Waals surface area contributed by atoms with Crippen molar-refractivity contribution in [2.75, 3.05) is 13.2 Å². The van der Waals surface area contributed by atoms with Crippen molar-refractivity contribution in [2.45, 2.75) is 24.7 Å². The first-order valence-electron chi connectivity index (χ1n) is 6.33. The Labute approximate surface area is 110 Å². The molecule has 1 N–H and O–H groups in total. The monoisotopic (exact) mass is 261 g/mol. The summed E-state index contributed by atoms with van der Waals surface area (Å²) >= 11 is 0. The second-order valence-corrected chi connectivity index (χ2v) is 5.06. The molecule has 1 aliphatic rings. The Balaban J connectivity index is 1.82. The molecule has 1 aliphatic heterocycles. The van der Waals surface area contributed by atoms with Crippen LogP contribution in [-0.2, 0) is 14.9 Å². The van der Waals surface area contributed by atoms with E-state index in [0.29, 0.717) is 19.6 Å². The summed E-state index contributed by atoms with van der Waals surface area (Å²) in [6.45, 7) is 1.29. The van der Waals surface area contributed by atoms with E-state index in [9.17, 15) is 4.79 Å². The molecule has 0 atom stereocenters. The first-order chi connectivity index (χ1) is 9.20. The zero-order valence-corrected chi connectivity index (χ0v) is 10.5. The van der Waals surface area contributed by atoms with Gasteiger partial charge < -0.3 is 14.3 Å². The van der Waals surface area contributed by atoms with E-state index in [-0.39, 0.29) is 11.8 Å². The zero-order valence-electron chi connectivity index (χ0n) is 10.5. The van der Waals surface area contributed by atoms with Crippen molar-refractivity contribution in [2.24, 2.45) is 0 Å². The lowest BCUT2D eigenvalue weighted by Crippen LogP contribution is -2.46. The van der Waals surface area contributed by atoms with Crippen LogP contribution in [0.3, 0.4) is 0 Å². The van der Waals surface area contributed by atoms with Gasteiger partial charge in [-0.15, -0.1) is 0 Å². The Bertz CT molecular complexity index is 600. The van der Waals surface area contributed by atoms with Gasteiger partial charge in [0.25, 0.3) is 0 Å². The molecule has 2 heterocycles. The third-order valence-electron chi connectivity index (χ3n) is 3.75. The molecule has 0 radical (unpaired) electrons. The number of carboxylic acid groups (broad SMARTS) is 1. The second-order valence-electron chi connectivity index (χ2n) is 5.06. The molecule has 1 fully saturated rings. The third-order valence-corrected chi connectivity index (χ3v) is 3.75. The number of rotatable bonds is 5. The number of aromatic nitrogens is 1. The summed E-state index contributed by atoms with van der Waals surface area (Å²) in [6.07, 6.45) is 3.11. The summed E-state index contributed by atoms with van der Waals surface area (Å²) in [6, 6.07) is 5.96. The van der Waals surface area contributed by atoms with Gasteiger partial charge in [-0.2, -0.15) is 0 Å². The average molecular weight is 261 g/mol. The van der Waals surface area contributed by atoms with Crippen LogP contribution in [0.15, 0.2) is 29.0 Å². The molecule has 0 bridgehead atoms. The minimum atomic E-state index is -0.749. The standard InChI is InChI=1S/C14H15NO4/c16-13(17)2-1-5-14(7-18-8-14)10-3-4-11-12(6-10)19-9-15-11/h3-4,6,9H,1-2,5,7-8H2,(H,16,17). The fourth-order valence-corrected chi connectivity index (χ4v) is 2.57. The summed E-state index contributed by atoms with van der Waals surface area (Å²) in [7, 11) is 0. The third kappa shape index (κ3) is 2.21. The lowest BCUT2D eigenvalue weighted by molar-refractivity contribution is -0.137. The molecule has 5 heteroatoms. The maximum atomic E-state index is 10.6. The highest BCUT2D eigenvalue weighted by molar-refractivity contribution is 5.73. The maximum absolute atomic E-state index is 10.6. The number of hydrogen-bond donors (Lipinski definition) is 1. The number of nitrogens with zero attached hydrogens (tertiary/aromatic N) is 1. The van der Waals surface area contributed by atoms with E-state index in [1.165, 1.54) is 6.39 Å². The quantitative estimate of drug-likeness (QED) is 0.894. The number of hydrogen-bond acceptors (Lipinski definition) is 4. The molecule has 1 aromatic carbocycles. The second kappa shape index (κ2) is 4.66. The van der Waals surface area contributed by atoms with Crippen molar-refractivity contribution in [3.05, 3.63) is 30.2 Å². The van der Waals surface area contributed by atoms with E-state index in [4.69, 9.17) is 14.3 Å². The smallest absolute Gasteiger partial charge is 0.303 e. The normalized spacial score (nSPS) is 17.3. The lowest BCUT2D eigenvalue weighted by atomic mass is 9.74. The zero-order chi connectivity index (χ0) is 13.3. The van der Waals surface area contributed by atoms with E-state index in [2.05, 4.69) is 4.98 Å². The average Bonchev–Trinajstić information content (AvgIpc) is 2.79. The maximum Gasteiger partial charge on any atom is 0.303 e. The van der Waals surface area contributed by atoms with Gasteiger partial charge in [-0.1, -0.05) is 6.07 Å². The van der Waals surface area contributed by atoms with E-state index in [0.717, 1.165) is 23.1 Å². The molecule has 100 valence electrons. The molecule has 3 rings (SSSR count). The number of oxazole rings is 1. The van der Waals surface area contributed by atoms with Crippen LogP contribution in [0.2, 0.25) is 0 Å². The van der Waals surface area contributed by atoms with Gasteiger partial charge >= 0.3 is 5.97 Å². The van der Waals surface area contributed by atoms with Crippen LogP contribution in [-0.4, -0.2) is 29.3 Å². The highest BCUT2D eigenvalue weighted by atomic mass is 16.5. The first-order valence-corrected chi connectivity index (χ1v) is 6.33. The van der Waals surface area contributed by atoms with Gasteiger partial charge in [0, 0.05) is 11.8 Å². The van der Waals surface area contributed by atoms with Gasteiger partial charge in [0.15, 0.2) is 12.0 Å². The van der Waals surface area contributed by atoms with Crippen LogP contribution < -0.4 is 0 Å². The minimum Gasteiger partial charge on any atom is -0.481 e. The fourth-order valence-electron chi connectivity index (χ4n) is 2.57. The topological polar surface area (TPSA) is 72.6 Å². The van der Waals surface area contributed by atoms with Gasteiger partial charge in [-0.05, 0) is 30.5 Å². The molecule has 2 aromatic rings. The van der Waals surface area contributed by atoms with Crippen molar-refractivity contribution in [3.8, 4) is 0 Å². The van der Waals surface area contributed by atoms with Gasteiger partial charge in [0.2, 0.25) is 0 Å². The van der Waals surface area contributed by atoms with Crippen LogP contribution >= 0.6 is 0 Å². The Hall–Kier alpha value is -1.88. The molecule has 0 saturated carbocycles. The summed E-state index contributed by atoms with van der Waals surface area (Å²) in [4.78, 5) is 14.7. The minimum absolute atomic E-state index is 0.0591. The molecule has 0 unspecified atom stereocenters. The predicted octanol–water partition coefficient (Wildman–Crippen LogP) is 2.35. The Morgan fingerprint density at radius 2 is 2.26 bits per heavy atom. The number of ether oxygens (including phenoxy) is 1. The summed E-state index contributed by atoms with van der Waals surface area (Å²) < 4.78 is 10.7. The van der Waals surface area contributed by atoms with Gasteiger partial charge in [0.05, 0.1) is 13.2 Å².